The molecule has 0 aromatic carbocycles. The van der Waals surface area contributed by atoms with Gasteiger partial charge >= 0.3 is 0 Å². The van der Waals surface area contributed by atoms with Gasteiger partial charge in [0.05, 0.1) is 6.17 Å². The third kappa shape index (κ3) is 14.3. The molecule has 0 fully saturated rings. The normalized spacial score (nSPS) is 11.2. The zero-order chi connectivity index (χ0) is 11.4. The quantitative estimate of drug-likeness (QED) is 0.291. The molecule has 0 saturated heterocycles. The number of thiol groups is 1. The van der Waals surface area contributed by atoms with Gasteiger partial charge in [-0.2, -0.15) is 12.6 Å². The van der Waals surface area contributed by atoms with Crippen molar-refractivity contribution >= 4 is 12.6 Å². The Kier molecular flexibility index (Phi) is 12.6. The first-order chi connectivity index (χ1) is 7.27. The molecule has 0 spiro atoms. The molecule has 0 rings (SSSR count). The number of rotatable bonds is 11. The largest absolute Gasteiger partial charge is 0.316 e. The highest BCUT2D eigenvalue weighted by Gasteiger charge is 1.95. The molecule has 0 saturated carbocycles. The monoisotopic (exact) mass is 232 g/mol. The van der Waals surface area contributed by atoms with Gasteiger partial charge in [0.15, 0.2) is 0 Å². The lowest BCUT2D eigenvalue weighted by atomic mass is 10.1. The zero-order valence-corrected chi connectivity index (χ0v) is 10.9. The van der Waals surface area contributed by atoms with Gasteiger partial charge in [0.25, 0.3) is 0 Å². The molecular formula is C12H28N2S. The number of hydrogen-bond donors (Lipinski definition) is 3. The van der Waals surface area contributed by atoms with E-state index in [0.29, 0.717) is 0 Å². The Labute approximate surface area is 101 Å². The van der Waals surface area contributed by atoms with Crippen molar-refractivity contribution in [2.45, 2.75) is 70.4 Å². The molecule has 0 aromatic heterocycles. The van der Waals surface area contributed by atoms with Crippen molar-refractivity contribution in [1.82, 2.24) is 0 Å². The van der Waals surface area contributed by atoms with E-state index in [-0.39, 0.29) is 6.17 Å². The highest BCUT2D eigenvalue weighted by atomic mass is 32.1. The van der Waals surface area contributed by atoms with Crippen LogP contribution in [0, 0.1) is 0 Å². The molecule has 4 N–H and O–H groups in total. The topological polar surface area (TPSA) is 52.0 Å². The van der Waals surface area contributed by atoms with Crippen molar-refractivity contribution in [2.75, 3.05) is 5.75 Å². The molecule has 0 aliphatic carbocycles. The molecule has 0 unspecified atom stereocenters. The first-order valence-electron chi connectivity index (χ1n) is 6.39. The van der Waals surface area contributed by atoms with Gasteiger partial charge in [-0.15, -0.1) is 0 Å². The Morgan fingerprint density at radius 2 is 1.07 bits per heavy atom. The highest BCUT2D eigenvalue weighted by Crippen LogP contribution is 2.10. The van der Waals surface area contributed by atoms with Gasteiger partial charge in [0.1, 0.15) is 0 Å². The van der Waals surface area contributed by atoms with E-state index in [1.54, 1.807) is 0 Å². The molecule has 0 amide bonds. The van der Waals surface area contributed by atoms with Crippen LogP contribution in [0.3, 0.4) is 0 Å². The van der Waals surface area contributed by atoms with Crippen molar-refractivity contribution in [3.63, 3.8) is 0 Å². The van der Waals surface area contributed by atoms with Crippen molar-refractivity contribution in [3.8, 4) is 0 Å². The lowest BCUT2D eigenvalue weighted by Crippen LogP contribution is -2.29. The van der Waals surface area contributed by atoms with Crippen LogP contribution >= 0.6 is 12.6 Å². The molecule has 3 heteroatoms. The summed E-state index contributed by atoms with van der Waals surface area (Å²) in [7, 11) is 0. The molecule has 0 bridgehead atoms. The van der Waals surface area contributed by atoms with Gasteiger partial charge in [-0.05, 0) is 18.6 Å². The van der Waals surface area contributed by atoms with E-state index >= 15 is 0 Å². The molecule has 0 atom stereocenters. The molecule has 0 aliphatic rings. The summed E-state index contributed by atoms with van der Waals surface area (Å²) < 4.78 is 0. The summed E-state index contributed by atoms with van der Waals surface area (Å²) >= 11 is 4.20. The number of hydrogen-bond acceptors (Lipinski definition) is 3. The predicted octanol–water partition coefficient (Wildman–Crippen LogP) is 3.06. The minimum absolute atomic E-state index is 0.105. The second-order valence-electron chi connectivity index (χ2n) is 4.36. The summed E-state index contributed by atoms with van der Waals surface area (Å²) in [6.45, 7) is 0. The van der Waals surface area contributed by atoms with Gasteiger partial charge in [0, 0.05) is 0 Å². The number of nitrogens with two attached hydrogens (primary N) is 2. The smallest absolute Gasteiger partial charge is 0.0520 e. The second-order valence-corrected chi connectivity index (χ2v) is 4.81. The summed E-state index contributed by atoms with van der Waals surface area (Å²) in [5.74, 6) is 1.04. The Morgan fingerprint density at radius 1 is 0.667 bits per heavy atom. The first kappa shape index (κ1) is 15.3. The Bertz CT molecular complexity index is 118. The molecule has 0 aliphatic heterocycles. The zero-order valence-electron chi connectivity index (χ0n) is 9.96. The van der Waals surface area contributed by atoms with Crippen molar-refractivity contribution in [2.24, 2.45) is 11.5 Å². The van der Waals surface area contributed by atoms with Crippen LogP contribution in [0.1, 0.15) is 64.2 Å². The molecule has 0 heterocycles. The summed E-state index contributed by atoms with van der Waals surface area (Å²) in [5, 5.41) is 0. The van der Waals surface area contributed by atoms with E-state index in [2.05, 4.69) is 12.6 Å². The fourth-order valence-electron chi connectivity index (χ4n) is 1.73. The maximum absolute atomic E-state index is 5.47. The van der Waals surface area contributed by atoms with Crippen LogP contribution in [-0.2, 0) is 0 Å². The van der Waals surface area contributed by atoms with Gasteiger partial charge in [-0.3, -0.25) is 0 Å². The van der Waals surface area contributed by atoms with E-state index in [9.17, 15) is 0 Å². The van der Waals surface area contributed by atoms with Crippen LogP contribution in [0.2, 0.25) is 0 Å². The lowest BCUT2D eigenvalue weighted by molar-refractivity contribution is 0.530. The summed E-state index contributed by atoms with van der Waals surface area (Å²) in [5.41, 5.74) is 10.9. The fourth-order valence-corrected chi connectivity index (χ4v) is 1.95. The predicted molar refractivity (Wildman–Crippen MR) is 72.2 cm³/mol. The van der Waals surface area contributed by atoms with Gasteiger partial charge in [0.2, 0.25) is 0 Å². The Morgan fingerprint density at radius 3 is 1.47 bits per heavy atom. The summed E-state index contributed by atoms with van der Waals surface area (Å²) in [6, 6.07) is 0. The lowest BCUT2D eigenvalue weighted by Gasteiger charge is -2.04. The summed E-state index contributed by atoms with van der Waals surface area (Å²) in [4.78, 5) is 0. The second kappa shape index (κ2) is 12.3. The van der Waals surface area contributed by atoms with Crippen LogP contribution in [0.15, 0.2) is 0 Å². The molecule has 92 valence electrons. The van der Waals surface area contributed by atoms with E-state index in [1.165, 1.54) is 57.8 Å². The van der Waals surface area contributed by atoms with Crippen LogP contribution < -0.4 is 11.5 Å². The standard InChI is InChI=1S/C12H28N2S/c13-12(14)10-8-6-4-2-1-3-5-7-9-11-15/h12,15H,1-11,13-14H2. The average molecular weight is 232 g/mol. The van der Waals surface area contributed by atoms with Gasteiger partial charge < -0.3 is 11.5 Å². The average Bonchev–Trinajstić information content (AvgIpc) is 2.20. The maximum Gasteiger partial charge on any atom is 0.0520 e. The van der Waals surface area contributed by atoms with Crippen LogP contribution in [-0.4, -0.2) is 11.9 Å². The maximum atomic E-state index is 5.47. The van der Waals surface area contributed by atoms with Gasteiger partial charge in [-0.25, -0.2) is 0 Å². The van der Waals surface area contributed by atoms with E-state index in [0.717, 1.165) is 12.2 Å². The van der Waals surface area contributed by atoms with Crippen molar-refractivity contribution < 1.29 is 0 Å². The SMILES string of the molecule is NC(N)CCCCCCCCCCCS. The van der Waals surface area contributed by atoms with E-state index < -0.39 is 0 Å². The van der Waals surface area contributed by atoms with Gasteiger partial charge in [-0.1, -0.05) is 51.4 Å². The third-order valence-electron chi connectivity index (χ3n) is 2.70. The highest BCUT2D eigenvalue weighted by molar-refractivity contribution is 7.80. The van der Waals surface area contributed by atoms with Crippen LogP contribution in [0.4, 0.5) is 0 Å². The fraction of sp³-hybridized carbons (Fsp3) is 1.00. The molecule has 2 nitrogen and oxygen atoms in total. The Balaban J connectivity index is 2.87. The minimum atomic E-state index is -0.105. The van der Waals surface area contributed by atoms with E-state index in [4.69, 9.17) is 11.5 Å². The minimum Gasteiger partial charge on any atom is -0.316 e. The molecule has 0 radical (unpaired) electrons. The molecule has 15 heavy (non-hydrogen) atoms. The molecular weight excluding hydrogens is 204 g/mol. The first-order valence-corrected chi connectivity index (χ1v) is 7.02. The van der Waals surface area contributed by atoms with E-state index in [1.807, 2.05) is 0 Å². The number of unbranched alkanes of at least 4 members (excludes halogenated alkanes) is 8. The van der Waals surface area contributed by atoms with Crippen molar-refractivity contribution in [1.29, 1.82) is 0 Å². The van der Waals surface area contributed by atoms with Crippen LogP contribution in [0.25, 0.3) is 0 Å². The Hall–Kier alpha value is 0.270. The van der Waals surface area contributed by atoms with Crippen LogP contribution in [0.5, 0.6) is 0 Å². The molecule has 0 aromatic rings. The summed E-state index contributed by atoms with van der Waals surface area (Å²) in [6.07, 6.45) is 12.9. The third-order valence-corrected chi connectivity index (χ3v) is 3.01. The van der Waals surface area contributed by atoms with Crippen molar-refractivity contribution in [3.05, 3.63) is 0 Å².